The van der Waals surface area contributed by atoms with Crippen LogP contribution in [0.3, 0.4) is 0 Å². The van der Waals surface area contributed by atoms with E-state index in [4.69, 9.17) is 22.1 Å². The molecule has 1 aromatic rings. The standard InChI is InChI=1S/C11H14ClNO2/c1-11(2,3)8-6-7(12)4-5-9(8)15-10(13)14/h4-6H,1-3H3,(H2,13,14). The average Bonchev–Trinajstić information content (AvgIpc) is 2.05. The van der Waals surface area contributed by atoms with E-state index >= 15 is 0 Å². The Balaban J connectivity index is 3.20. The first-order chi connectivity index (χ1) is 6.80. The maximum atomic E-state index is 10.7. The van der Waals surface area contributed by atoms with Crippen LogP contribution < -0.4 is 10.5 Å². The number of carbonyl (C=O) groups excluding carboxylic acids is 1. The first kappa shape index (κ1) is 11.9. The molecule has 1 amide bonds. The molecule has 0 saturated carbocycles. The second-order valence-corrected chi connectivity index (χ2v) is 4.75. The minimum Gasteiger partial charge on any atom is -0.410 e. The third-order valence-electron chi connectivity index (χ3n) is 1.96. The minimum atomic E-state index is -0.817. The van der Waals surface area contributed by atoms with Crippen LogP contribution in [-0.2, 0) is 5.41 Å². The number of rotatable bonds is 1. The molecule has 0 radical (unpaired) electrons. The van der Waals surface area contributed by atoms with Gasteiger partial charge in [0, 0.05) is 10.6 Å². The Kier molecular flexibility index (Phi) is 3.25. The number of hydrogen-bond donors (Lipinski definition) is 1. The number of amides is 1. The molecule has 0 atom stereocenters. The highest BCUT2D eigenvalue weighted by molar-refractivity contribution is 6.30. The molecule has 0 unspecified atom stereocenters. The van der Waals surface area contributed by atoms with Gasteiger partial charge >= 0.3 is 6.09 Å². The Morgan fingerprint density at radius 1 is 1.40 bits per heavy atom. The van der Waals surface area contributed by atoms with Gasteiger partial charge < -0.3 is 10.5 Å². The smallest absolute Gasteiger partial charge is 0.409 e. The fourth-order valence-electron chi connectivity index (χ4n) is 1.29. The molecule has 0 spiro atoms. The zero-order valence-electron chi connectivity index (χ0n) is 9.00. The fraction of sp³-hybridized carbons (Fsp3) is 0.364. The van der Waals surface area contributed by atoms with Crippen LogP contribution in [0.1, 0.15) is 26.3 Å². The molecule has 82 valence electrons. The molecule has 0 aliphatic carbocycles. The summed E-state index contributed by atoms with van der Waals surface area (Å²) in [5.41, 5.74) is 5.68. The summed E-state index contributed by atoms with van der Waals surface area (Å²) in [6, 6.07) is 5.09. The van der Waals surface area contributed by atoms with E-state index in [0.717, 1.165) is 5.56 Å². The number of nitrogens with two attached hydrogens (primary N) is 1. The SMILES string of the molecule is CC(C)(C)c1cc(Cl)ccc1OC(N)=O. The summed E-state index contributed by atoms with van der Waals surface area (Å²) in [6.45, 7) is 6.02. The Bertz CT molecular complexity index is 383. The van der Waals surface area contributed by atoms with E-state index in [1.165, 1.54) is 0 Å². The molecular weight excluding hydrogens is 214 g/mol. The maximum Gasteiger partial charge on any atom is 0.409 e. The molecule has 1 aromatic carbocycles. The van der Waals surface area contributed by atoms with Crippen molar-refractivity contribution in [3.63, 3.8) is 0 Å². The van der Waals surface area contributed by atoms with Crippen molar-refractivity contribution in [3.8, 4) is 5.75 Å². The van der Waals surface area contributed by atoms with Crippen LogP contribution in [0.2, 0.25) is 5.02 Å². The van der Waals surface area contributed by atoms with Gasteiger partial charge in [0.2, 0.25) is 0 Å². The zero-order valence-corrected chi connectivity index (χ0v) is 9.76. The van der Waals surface area contributed by atoms with Crippen molar-refractivity contribution >= 4 is 17.7 Å². The van der Waals surface area contributed by atoms with Crippen LogP contribution in [0.5, 0.6) is 5.75 Å². The van der Waals surface area contributed by atoms with E-state index < -0.39 is 6.09 Å². The molecule has 2 N–H and O–H groups in total. The molecule has 1 rings (SSSR count). The minimum absolute atomic E-state index is 0.157. The van der Waals surface area contributed by atoms with Gasteiger partial charge in [-0.2, -0.15) is 0 Å². The van der Waals surface area contributed by atoms with Crippen molar-refractivity contribution in [2.24, 2.45) is 5.73 Å². The van der Waals surface area contributed by atoms with Gasteiger partial charge in [-0.1, -0.05) is 32.4 Å². The molecule has 3 nitrogen and oxygen atoms in total. The summed E-state index contributed by atoms with van der Waals surface area (Å²) in [4.78, 5) is 10.7. The van der Waals surface area contributed by atoms with Crippen LogP contribution in [0.4, 0.5) is 4.79 Å². The number of halogens is 1. The summed E-state index contributed by atoms with van der Waals surface area (Å²) in [7, 11) is 0. The molecule has 0 saturated heterocycles. The number of primary amides is 1. The van der Waals surface area contributed by atoms with Crippen molar-refractivity contribution in [2.45, 2.75) is 26.2 Å². The molecule has 0 fully saturated rings. The third kappa shape index (κ3) is 3.13. The Morgan fingerprint density at radius 3 is 2.47 bits per heavy atom. The number of hydrogen-bond acceptors (Lipinski definition) is 2. The molecule has 0 aromatic heterocycles. The topological polar surface area (TPSA) is 52.3 Å². The Labute approximate surface area is 94.2 Å². The fourth-order valence-corrected chi connectivity index (χ4v) is 1.46. The van der Waals surface area contributed by atoms with Crippen LogP contribution in [0.15, 0.2) is 18.2 Å². The normalized spacial score (nSPS) is 11.2. The lowest BCUT2D eigenvalue weighted by atomic mass is 9.86. The molecule has 4 heteroatoms. The number of ether oxygens (including phenoxy) is 1. The second-order valence-electron chi connectivity index (χ2n) is 4.31. The highest BCUT2D eigenvalue weighted by Crippen LogP contribution is 2.33. The van der Waals surface area contributed by atoms with E-state index in [9.17, 15) is 4.79 Å². The van der Waals surface area contributed by atoms with Gasteiger partial charge in [-0.15, -0.1) is 0 Å². The van der Waals surface area contributed by atoms with Crippen LogP contribution in [0.25, 0.3) is 0 Å². The summed E-state index contributed by atoms with van der Waals surface area (Å²) >= 11 is 5.89. The van der Waals surface area contributed by atoms with E-state index in [1.807, 2.05) is 20.8 Å². The summed E-state index contributed by atoms with van der Waals surface area (Å²) in [5, 5.41) is 0.608. The number of carbonyl (C=O) groups is 1. The predicted octanol–water partition coefficient (Wildman–Crippen LogP) is 3.10. The van der Waals surface area contributed by atoms with Crippen molar-refractivity contribution in [2.75, 3.05) is 0 Å². The van der Waals surface area contributed by atoms with Gasteiger partial charge in [-0.05, 0) is 23.6 Å². The van der Waals surface area contributed by atoms with Crippen molar-refractivity contribution < 1.29 is 9.53 Å². The van der Waals surface area contributed by atoms with Gasteiger partial charge in [0.25, 0.3) is 0 Å². The summed E-state index contributed by atoms with van der Waals surface area (Å²) in [6.07, 6.45) is -0.817. The third-order valence-corrected chi connectivity index (χ3v) is 2.20. The highest BCUT2D eigenvalue weighted by atomic mass is 35.5. The monoisotopic (exact) mass is 227 g/mol. The molecule has 0 aliphatic heterocycles. The lowest BCUT2D eigenvalue weighted by Gasteiger charge is -2.22. The van der Waals surface area contributed by atoms with Crippen molar-refractivity contribution in [1.29, 1.82) is 0 Å². The second kappa shape index (κ2) is 4.11. The average molecular weight is 228 g/mol. The largest absolute Gasteiger partial charge is 0.410 e. The van der Waals surface area contributed by atoms with Gasteiger partial charge in [0.15, 0.2) is 0 Å². The molecule has 0 heterocycles. The molecule has 0 aliphatic rings. The van der Waals surface area contributed by atoms with Gasteiger partial charge in [0.05, 0.1) is 0 Å². The Morgan fingerprint density at radius 2 is 2.00 bits per heavy atom. The van der Waals surface area contributed by atoms with Crippen LogP contribution in [-0.4, -0.2) is 6.09 Å². The summed E-state index contributed by atoms with van der Waals surface area (Å²) in [5.74, 6) is 0.458. The zero-order chi connectivity index (χ0) is 11.6. The Hall–Kier alpha value is -1.22. The van der Waals surface area contributed by atoms with E-state index in [-0.39, 0.29) is 5.41 Å². The first-order valence-electron chi connectivity index (χ1n) is 4.58. The van der Waals surface area contributed by atoms with Crippen molar-refractivity contribution in [1.82, 2.24) is 0 Å². The lowest BCUT2D eigenvalue weighted by Crippen LogP contribution is -2.20. The maximum absolute atomic E-state index is 10.7. The van der Waals surface area contributed by atoms with Gasteiger partial charge in [0.1, 0.15) is 5.75 Å². The number of benzene rings is 1. The highest BCUT2D eigenvalue weighted by Gasteiger charge is 2.20. The predicted molar refractivity (Wildman–Crippen MR) is 60.4 cm³/mol. The molecule has 15 heavy (non-hydrogen) atoms. The van der Waals surface area contributed by atoms with Crippen LogP contribution in [0, 0.1) is 0 Å². The van der Waals surface area contributed by atoms with E-state index in [0.29, 0.717) is 10.8 Å². The quantitative estimate of drug-likeness (QED) is 0.802. The van der Waals surface area contributed by atoms with E-state index in [2.05, 4.69) is 0 Å². The first-order valence-corrected chi connectivity index (χ1v) is 4.96. The van der Waals surface area contributed by atoms with Crippen molar-refractivity contribution in [3.05, 3.63) is 28.8 Å². The van der Waals surface area contributed by atoms with Gasteiger partial charge in [-0.3, -0.25) is 0 Å². The van der Waals surface area contributed by atoms with Crippen LogP contribution >= 0.6 is 11.6 Å². The van der Waals surface area contributed by atoms with Gasteiger partial charge in [-0.25, -0.2) is 4.79 Å². The molecular formula is C11H14ClNO2. The molecule has 0 bridgehead atoms. The van der Waals surface area contributed by atoms with E-state index in [1.54, 1.807) is 18.2 Å². The summed E-state index contributed by atoms with van der Waals surface area (Å²) < 4.78 is 4.91. The lowest BCUT2D eigenvalue weighted by molar-refractivity contribution is 0.210.